The van der Waals surface area contributed by atoms with Crippen molar-refractivity contribution in [3.8, 4) is 0 Å². The Labute approximate surface area is 84.5 Å². The molecule has 0 aliphatic carbocycles. The summed E-state index contributed by atoms with van der Waals surface area (Å²) in [7, 11) is 0. The SMILES string of the molecule is CCC1CCN(CCO)C(C(=O)O)C1. The molecule has 2 N–H and O–H groups in total. The molecule has 82 valence electrons. The lowest BCUT2D eigenvalue weighted by Crippen LogP contribution is -2.48. The largest absolute Gasteiger partial charge is 0.480 e. The maximum atomic E-state index is 11.0. The van der Waals surface area contributed by atoms with Gasteiger partial charge in [-0.25, -0.2) is 0 Å². The number of aliphatic hydroxyl groups excluding tert-OH is 1. The average molecular weight is 201 g/mol. The first-order valence-electron chi connectivity index (χ1n) is 5.26. The van der Waals surface area contributed by atoms with Crippen molar-refractivity contribution in [2.75, 3.05) is 19.7 Å². The van der Waals surface area contributed by atoms with Gasteiger partial charge in [0.25, 0.3) is 0 Å². The first kappa shape index (κ1) is 11.5. The van der Waals surface area contributed by atoms with E-state index in [1.807, 2.05) is 4.90 Å². The number of aliphatic carboxylic acids is 1. The second kappa shape index (κ2) is 5.32. The van der Waals surface area contributed by atoms with E-state index in [0.29, 0.717) is 12.5 Å². The van der Waals surface area contributed by atoms with Gasteiger partial charge in [-0.15, -0.1) is 0 Å². The molecule has 2 unspecified atom stereocenters. The summed E-state index contributed by atoms with van der Waals surface area (Å²) in [4.78, 5) is 12.8. The molecule has 1 aliphatic rings. The molecule has 0 aromatic rings. The maximum absolute atomic E-state index is 11.0. The molecular formula is C10H19NO3. The monoisotopic (exact) mass is 201 g/mol. The Bertz CT molecular complexity index is 196. The molecule has 1 heterocycles. The standard InChI is InChI=1S/C10H19NO3/c1-2-8-3-4-11(5-6-12)9(7-8)10(13)14/h8-9,12H,2-7H2,1H3,(H,13,14). The van der Waals surface area contributed by atoms with Crippen LogP contribution < -0.4 is 0 Å². The molecule has 0 bridgehead atoms. The first-order chi connectivity index (χ1) is 6.69. The Morgan fingerprint density at radius 1 is 1.57 bits per heavy atom. The highest BCUT2D eigenvalue weighted by molar-refractivity contribution is 5.73. The molecule has 1 aliphatic heterocycles. The zero-order chi connectivity index (χ0) is 10.6. The molecule has 0 radical (unpaired) electrons. The molecule has 4 nitrogen and oxygen atoms in total. The summed E-state index contributed by atoms with van der Waals surface area (Å²) in [6.07, 6.45) is 2.84. The minimum Gasteiger partial charge on any atom is -0.480 e. The summed E-state index contributed by atoms with van der Waals surface area (Å²) in [5, 5.41) is 17.8. The minimum absolute atomic E-state index is 0.0422. The number of piperidine rings is 1. The maximum Gasteiger partial charge on any atom is 0.320 e. The van der Waals surface area contributed by atoms with Gasteiger partial charge in [-0.1, -0.05) is 13.3 Å². The molecule has 0 aromatic heterocycles. The topological polar surface area (TPSA) is 60.8 Å². The van der Waals surface area contributed by atoms with Crippen molar-refractivity contribution >= 4 is 5.97 Å². The summed E-state index contributed by atoms with van der Waals surface area (Å²) >= 11 is 0. The number of carbonyl (C=O) groups is 1. The van der Waals surface area contributed by atoms with Gasteiger partial charge in [0.15, 0.2) is 0 Å². The Morgan fingerprint density at radius 2 is 2.29 bits per heavy atom. The summed E-state index contributed by atoms with van der Waals surface area (Å²) < 4.78 is 0. The molecule has 1 rings (SSSR count). The Kier molecular flexibility index (Phi) is 4.35. The highest BCUT2D eigenvalue weighted by Crippen LogP contribution is 2.25. The zero-order valence-electron chi connectivity index (χ0n) is 8.65. The Morgan fingerprint density at radius 3 is 2.79 bits per heavy atom. The fourth-order valence-corrected chi connectivity index (χ4v) is 2.11. The van der Waals surface area contributed by atoms with Crippen molar-refractivity contribution < 1.29 is 15.0 Å². The van der Waals surface area contributed by atoms with E-state index in [1.165, 1.54) is 0 Å². The van der Waals surface area contributed by atoms with Crippen LogP contribution >= 0.6 is 0 Å². The van der Waals surface area contributed by atoms with Crippen molar-refractivity contribution in [1.29, 1.82) is 0 Å². The highest BCUT2D eigenvalue weighted by Gasteiger charge is 2.31. The number of nitrogens with zero attached hydrogens (tertiary/aromatic N) is 1. The van der Waals surface area contributed by atoms with Gasteiger partial charge in [0, 0.05) is 6.54 Å². The number of rotatable bonds is 4. The van der Waals surface area contributed by atoms with E-state index in [9.17, 15) is 4.79 Å². The Hall–Kier alpha value is -0.610. The molecular weight excluding hydrogens is 182 g/mol. The van der Waals surface area contributed by atoms with Crippen LogP contribution in [0.2, 0.25) is 0 Å². The van der Waals surface area contributed by atoms with Crippen molar-refractivity contribution in [2.45, 2.75) is 32.2 Å². The van der Waals surface area contributed by atoms with E-state index in [1.54, 1.807) is 0 Å². The van der Waals surface area contributed by atoms with Crippen molar-refractivity contribution in [2.24, 2.45) is 5.92 Å². The van der Waals surface area contributed by atoms with Gasteiger partial charge in [-0.2, -0.15) is 0 Å². The van der Waals surface area contributed by atoms with Crippen LogP contribution in [0.4, 0.5) is 0 Å². The second-order valence-corrected chi connectivity index (χ2v) is 3.91. The number of β-amino-alcohol motifs (C(OH)–C–C–N with tert-alkyl or cyclic N) is 1. The average Bonchev–Trinajstić information content (AvgIpc) is 2.18. The number of hydrogen-bond donors (Lipinski definition) is 2. The molecule has 0 saturated carbocycles. The van der Waals surface area contributed by atoms with Crippen LogP contribution in [0, 0.1) is 5.92 Å². The molecule has 2 atom stereocenters. The molecule has 4 heteroatoms. The number of aliphatic hydroxyl groups is 1. The Balaban J connectivity index is 2.56. The van der Waals surface area contributed by atoms with E-state index in [4.69, 9.17) is 10.2 Å². The van der Waals surface area contributed by atoms with Crippen molar-refractivity contribution in [3.63, 3.8) is 0 Å². The molecule has 0 spiro atoms. The van der Waals surface area contributed by atoms with Crippen LogP contribution in [0.15, 0.2) is 0 Å². The summed E-state index contributed by atoms with van der Waals surface area (Å²) in [5.74, 6) is -0.220. The molecule has 1 saturated heterocycles. The number of hydrogen-bond acceptors (Lipinski definition) is 3. The van der Waals surface area contributed by atoms with E-state index in [-0.39, 0.29) is 12.6 Å². The normalized spacial score (nSPS) is 29.0. The number of carboxylic acid groups (broad SMARTS) is 1. The first-order valence-corrected chi connectivity index (χ1v) is 5.26. The van der Waals surface area contributed by atoms with Gasteiger partial charge in [-0.3, -0.25) is 9.69 Å². The fourth-order valence-electron chi connectivity index (χ4n) is 2.11. The lowest BCUT2D eigenvalue weighted by Gasteiger charge is -2.36. The quantitative estimate of drug-likeness (QED) is 0.697. The zero-order valence-corrected chi connectivity index (χ0v) is 8.65. The summed E-state index contributed by atoms with van der Waals surface area (Å²) in [6.45, 7) is 3.43. The van der Waals surface area contributed by atoms with Crippen molar-refractivity contribution in [1.82, 2.24) is 4.90 Å². The predicted octanol–water partition coefficient (Wildman–Crippen LogP) is 0.554. The van der Waals surface area contributed by atoms with Crippen LogP contribution in [0.5, 0.6) is 0 Å². The van der Waals surface area contributed by atoms with Gasteiger partial charge in [0.1, 0.15) is 6.04 Å². The van der Waals surface area contributed by atoms with Crippen LogP contribution in [-0.4, -0.2) is 46.8 Å². The van der Waals surface area contributed by atoms with Gasteiger partial charge in [-0.05, 0) is 25.3 Å². The van der Waals surface area contributed by atoms with Crippen LogP contribution in [0.1, 0.15) is 26.2 Å². The molecule has 0 aromatic carbocycles. The van der Waals surface area contributed by atoms with Crippen LogP contribution in [-0.2, 0) is 4.79 Å². The second-order valence-electron chi connectivity index (χ2n) is 3.91. The van der Waals surface area contributed by atoms with E-state index < -0.39 is 5.97 Å². The summed E-state index contributed by atoms with van der Waals surface area (Å²) in [6, 6.07) is -0.388. The lowest BCUT2D eigenvalue weighted by atomic mass is 9.89. The fraction of sp³-hybridized carbons (Fsp3) is 0.900. The number of likely N-dealkylation sites (tertiary alicyclic amines) is 1. The lowest BCUT2D eigenvalue weighted by molar-refractivity contribution is -0.145. The molecule has 1 fully saturated rings. The van der Waals surface area contributed by atoms with Crippen molar-refractivity contribution in [3.05, 3.63) is 0 Å². The molecule has 14 heavy (non-hydrogen) atoms. The van der Waals surface area contributed by atoms with Gasteiger partial charge >= 0.3 is 5.97 Å². The van der Waals surface area contributed by atoms with Gasteiger partial charge in [0.05, 0.1) is 6.61 Å². The van der Waals surface area contributed by atoms with Gasteiger partial charge < -0.3 is 10.2 Å². The van der Waals surface area contributed by atoms with E-state index in [2.05, 4.69) is 6.92 Å². The minimum atomic E-state index is -0.753. The van der Waals surface area contributed by atoms with E-state index in [0.717, 1.165) is 25.8 Å². The third kappa shape index (κ3) is 2.69. The van der Waals surface area contributed by atoms with Crippen LogP contribution in [0.3, 0.4) is 0 Å². The predicted molar refractivity (Wildman–Crippen MR) is 53.1 cm³/mol. The third-order valence-electron chi connectivity index (χ3n) is 3.07. The van der Waals surface area contributed by atoms with E-state index >= 15 is 0 Å². The molecule has 0 amide bonds. The smallest absolute Gasteiger partial charge is 0.320 e. The highest BCUT2D eigenvalue weighted by atomic mass is 16.4. The summed E-state index contributed by atoms with van der Waals surface area (Å²) in [5.41, 5.74) is 0. The van der Waals surface area contributed by atoms with Gasteiger partial charge in [0.2, 0.25) is 0 Å². The third-order valence-corrected chi connectivity index (χ3v) is 3.07. The number of carboxylic acids is 1. The van der Waals surface area contributed by atoms with Crippen LogP contribution in [0.25, 0.3) is 0 Å².